The van der Waals surface area contributed by atoms with Gasteiger partial charge in [0.1, 0.15) is 12.0 Å². The average Bonchev–Trinajstić information content (AvgIpc) is 3.10. The van der Waals surface area contributed by atoms with Crippen molar-refractivity contribution in [2.24, 2.45) is 7.05 Å². The second-order valence-corrected chi connectivity index (χ2v) is 4.60. The number of carbonyl (C=O) groups is 1. The van der Waals surface area contributed by atoms with Gasteiger partial charge in [0.25, 0.3) is 5.91 Å². The number of aromatic nitrogens is 4. The second-order valence-electron chi connectivity index (χ2n) is 4.60. The number of aryl methyl sites for hydroxylation is 1. The fourth-order valence-corrected chi connectivity index (χ4v) is 2.14. The lowest BCUT2D eigenvalue weighted by atomic mass is 10.4. The largest absolute Gasteiger partial charge is 0.353 e. The minimum absolute atomic E-state index is 0.0963. The quantitative estimate of drug-likeness (QED) is 0.683. The molecule has 2 N–H and O–H groups in total. The molecule has 0 atom stereocenters. The van der Waals surface area contributed by atoms with Crippen LogP contribution < -0.4 is 10.6 Å². The Morgan fingerprint density at radius 3 is 2.95 bits per heavy atom. The lowest BCUT2D eigenvalue weighted by molar-refractivity contribution is 0.0949. The van der Waals surface area contributed by atoms with Crippen molar-refractivity contribution in [3.8, 4) is 0 Å². The molecule has 0 saturated carbocycles. The Labute approximate surface area is 121 Å². The van der Waals surface area contributed by atoms with Crippen molar-refractivity contribution < 1.29 is 4.79 Å². The predicted octanol–water partition coefficient (Wildman–Crippen LogP) is 0.910. The topological polar surface area (TPSA) is 76.2 Å². The molecule has 0 aliphatic heterocycles. The molecule has 21 heavy (non-hydrogen) atoms. The van der Waals surface area contributed by atoms with Crippen LogP contribution in [0.2, 0.25) is 0 Å². The molecule has 0 unspecified atom stereocenters. The van der Waals surface area contributed by atoms with Crippen LogP contribution >= 0.6 is 0 Å². The molecule has 1 amide bonds. The number of hydrogen-bond acceptors (Lipinski definition) is 4. The van der Waals surface area contributed by atoms with E-state index >= 15 is 0 Å². The molecule has 0 aromatic carbocycles. The predicted molar refractivity (Wildman–Crippen MR) is 79.2 cm³/mol. The first-order valence-corrected chi connectivity index (χ1v) is 6.68. The molecule has 108 valence electrons. The molecule has 0 spiro atoms. The number of carbonyl (C=O) groups excluding carboxylic acids is 1. The number of anilines is 1. The Balaban J connectivity index is 1.56. The average molecular weight is 284 g/mol. The smallest absolute Gasteiger partial charge is 0.268 e. The highest BCUT2D eigenvalue weighted by atomic mass is 16.1. The highest BCUT2D eigenvalue weighted by Gasteiger charge is 2.09. The van der Waals surface area contributed by atoms with E-state index in [1.165, 1.54) is 6.33 Å². The third kappa shape index (κ3) is 2.71. The molecule has 3 aromatic heterocycles. The monoisotopic (exact) mass is 284 g/mol. The van der Waals surface area contributed by atoms with E-state index in [9.17, 15) is 4.79 Å². The fraction of sp³-hybridized carbons (Fsp3) is 0.214. The molecular weight excluding hydrogens is 268 g/mol. The Morgan fingerprint density at radius 2 is 2.14 bits per heavy atom. The van der Waals surface area contributed by atoms with Crippen molar-refractivity contribution in [2.45, 2.75) is 0 Å². The van der Waals surface area contributed by atoms with Crippen molar-refractivity contribution in [3.63, 3.8) is 0 Å². The molecule has 3 heterocycles. The normalized spacial score (nSPS) is 10.7. The zero-order valence-electron chi connectivity index (χ0n) is 11.7. The highest BCUT2D eigenvalue weighted by molar-refractivity contribution is 5.94. The SMILES string of the molecule is Cn1ncnc1NCCNC(=O)c1ccc2ccccn12. The maximum Gasteiger partial charge on any atom is 0.268 e. The summed E-state index contributed by atoms with van der Waals surface area (Å²) in [5, 5.41) is 9.94. The van der Waals surface area contributed by atoms with E-state index in [1.54, 1.807) is 11.7 Å². The Kier molecular flexibility index (Phi) is 3.55. The van der Waals surface area contributed by atoms with E-state index < -0.39 is 0 Å². The van der Waals surface area contributed by atoms with E-state index in [0.29, 0.717) is 24.7 Å². The van der Waals surface area contributed by atoms with Gasteiger partial charge in [0.15, 0.2) is 0 Å². The van der Waals surface area contributed by atoms with Gasteiger partial charge in [-0.1, -0.05) is 6.07 Å². The molecule has 0 aliphatic carbocycles. The van der Waals surface area contributed by atoms with Crippen LogP contribution in [-0.4, -0.2) is 38.2 Å². The van der Waals surface area contributed by atoms with Gasteiger partial charge in [-0.05, 0) is 24.3 Å². The van der Waals surface area contributed by atoms with Crippen molar-refractivity contribution >= 4 is 17.4 Å². The highest BCUT2D eigenvalue weighted by Crippen LogP contribution is 2.09. The van der Waals surface area contributed by atoms with E-state index in [1.807, 2.05) is 40.9 Å². The number of nitrogens with zero attached hydrogens (tertiary/aromatic N) is 4. The number of hydrogen-bond donors (Lipinski definition) is 2. The summed E-state index contributed by atoms with van der Waals surface area (Å²) in [6.45, 7) is 1.09. The van der Waals surface area contributed by atoms with E-state index in [4.69, 9.17) is 0 Å². The lowest BCUT2D eigenvalue weighted by Crippen LogP contribution is -2.30. The number of pyridine rings is 1. The van der Waals surface area contributed by atoms with Gasteiger partial charge in [-0.25, -0.2) is 4.68 Å². The zero-order chi connectivity index (χ0) is 14.7. The van der Waals surface area contributed by atoms with Gasteiger partial charge in [0.2, 0.25) is 5.95 Å². The molecule has 7 nitrogen and oxygen atoms in total. The van der Waals surface area contributed by atoms with Gasteiger partial charge in [-0.2, -0.15) is 10.1 Å². The van der Waals surface area contributed by atoms with Crippen LogP contribution in [0.15, 0.2) is 42.9 Å². The molecular formula is C14H16N6O. The van der Waals surface area contributed by atoms with Gasteiger partial charge in [-0.15, -0.1) is 0 Å². The molecule has 0 radical (unpaired) electrons. The molecule has 0 aliphatic rings. The van der Waals surface area contributed by atoms with Crippen LogP contribution in [0.5, 0.6) is 0 Å². The summed E-state index contributed by atoms with van der Waals surface area (Å²) < 4.78 is 3.51. The van der Waals surface area contributed by atoms with Gasteiger partial charge in [0.05, 0.1) is 0 Å². The number of nitrogens with one attached hydrogen (secondary N) is 2. The second kappa shape index (κ2) is 5.66. The standard InChI is InChI=1S/C14H16N6O/c1-19-14(17-10-18-19)16-8-7-15-13(21)12-6-5-11-4-2-3-9-20(11)12/h2-6,9-10H,7-8H2,1H3,(H,15,21)(H,16,17,18). The fourth-order valence-electron chi connectivity index (χ4n) is 2.14. The lowest BCUT2D eigenvalue weighted by Gasteiger charge is -2.07. The van der Waals surface area contributed by atoms with E-state index in [-0.39, 0.29) is 5.91 Å². The van der Waals surface area contributed by atoms with Crippen LogP contribution in [0, 0.1) is 0 Å². The third-order valence-corrected chi connectivity index (χ3v) is 3.20. The van der Waals surface area contributed by atoms with Crippen molar-refractivity contribution in [2.75, 3.05) is 18.4 Å². The number of fused-ring (bicyclic) bond motifs is 1. The van der Waals surface area contributed by atoms with Crippen LogP contribution in [0.4, 0.5) is 5.95 Å². The Morgan fingerprint density at radius 1 is 1.24 bits per heavy atom. The van der Waals surface area contributed by atoms with E-state index in [0.717, 1.165) is 5.52 Å². The van der Waals surface area contributed by atoms with Crippen molar-refractivity contribution in [1.29, 1.82) is 0 Å². The van der Waals surface area contributed by atoms with Gasteiger partial charge < -0.3 is 15.0 Å². The summed E-state index contributed by atoms with van der Waals surface area (Å²) in [7, 11) is 1.81. The Hall–Kier alpha value is -2.83. The molecule has 3 aromatic rings. The van der Waals surface area contributed by atoms with Crippen molar-refractivity contribution in [3.05, 3.63) is 48.5 Å². The first-order valence-electron chi connectivity index (χ1n) is 6.68. The van der Waals surface area contributed by atoms with Crippen LogP contribution in [0.3, 0.4) is 0 Å². The third-order valence-electron chi connectivity index (χ3n) is 3.20. The maximum atomic E-state index is 12.2. The number of rotatable bonds is 5. The number of amides is 1. The minimum Gasteiger partial charge on any atom is -0.353 e. The molecule has 7 heteroatoms. The summed E-state index contributed by atoms with van der Waals surface area (Å²) in [4.78, 5) is 16.2. The molecule has 0 saturated heterocycles. The Bertz CT molecular complexity index is 760. The minimum atomic E-state index is -0.0963. The zero-order valence-corrected chi connectivity index (χ0v) is 11.7. The van der Waals surface area contributed by atoms with Gasteiger partial charge >= 0.3 is 0 Å². The molecule has 3 rings (SSSR count). The van der Waals surface area contributed by atoms with Gasteiger partial charge in [0, 0.05) is 31.9 Å². The van der Waals surface area contributed by atoms with E-state index in [2.05, 4.69) is 20.7 Å². The van der Waals surface area contributed by atoms with Crippen LogP contribution in [-0.2, 0) is 7.05 Å². The molecule has 0 fully saturated rings. The summed E-state index contributed by atoms with van der Waals surface area (Å²) in [5.41, 5.74) is 1.63. The maximum absolute atomic E-state index is 12.2. The first kappa shape index (κ1) is 13.2. The first-order chi connectivity index (χ1) is 10.3. The summed E-state index contributed by atoms with van der Waals surface area (Å²) in [5.74, 6) is 0.582. The van der Waals surface area contributed by atoms with Crippen LogP contribution in [0.25, 0.3) is 5.52 Å². The summed E-state index contributed by atoms with van der Waals surface area (Å²) in [6.07, 6.45) is 3.36. The van der Waals surface area contributed by atoms with Crippen molar-refractivity contribution in [1.82, 2.24) is 24.5 Å². The summed E-state index contributed by atoms with van der Waals surface area (Å²) in [6, 6.07) is 9.56. The van der Waals surface area contributed by atoms with Gasteiger partial charge in [-0.3, -0.25) is 4.79 Å². The molecule has 0 bridgehead atoms. The summed E-state index contributed by atoms with van der Waals surface area (Å²) >= 11 is 0. The van der Waals surface area contributed by atoms with Crippen LogP contribution in [0.1, 0.15) is 10.5 Å².